The Labute approximate surface area is 433 Å². The number of sulfonamides is 1. The number of carbonyl (C=O) groups excluding carboxylic acids is 1. The zero-order chi connectivity index (χ0) is 51.7. The largest absolute Gasteiger partial charge is 0.468 e. The van der Waals surface area contributed by atoms with Gasteiger partial charge in [-0.05, 0) is 155 Å². The second kappa shape index (κ2) is 19.4. The molecule has 6 heterocycles. The summed E-state index contributed by atoms with van der Waals surface area (Å²) in [5, 5.41) is 38.1. The Morgan fingerprint density at radius 2 is 1.69 bits per heavy atom. The molecular formula is C56H70N8O9S. The normalized spacial score (nSPS) is 27.3. The van der Waals surface area contributed by atoms with Crippen molar-refractivity contribution in [3.63, 3.8) is 0 Å². The van der Waals surface area contributed by atoms with Crippen LogP contribution in [0.25, 0.3) is 11.0 Å². The van der Waals surface area contributed by atoms with Crippen LogP contribution in [0.4, 0.5) is 28.4 Å². The number of likely N-dealkylation sites (tertiary alicyclic amines) is 1. The highest BCUT2D eigenvalue weighted by Crippen LogP contribution is 2.55. The number of rotatable bonds is 12. The summed E-state index contributed by atoms with van der Waals surface area (Å²) in [7, 11) is -4.63. The Hall–Kier alpha value is -5.79. The van der Waals surface area contributed by atoms with Crippen LogP contribution in [0, 0.1) is 21.4 Å². The number of nitrogens with one attached hydrogen (secondary N) is 3. The molecule has 4 aliphatic heterocycles. The van der Waals surface area contributed by atoms with E-state index < -0.39 is 48.7 Å². The van der Waals surface area contributed by atoms with Crippen molar-refractivity contribution in [3.05, 3.63) is 106 Å². The van der Waals surface area contributed by atoms with Gasteiger partial charge in [-0.3, -0.25) is 19.8 Å². The SMILES string of the molecule is CC(C)c1ccccc1[C@@H]1C[C@@](C)(O)CCN1C1CC2(CCN(c3ccc(C(=O)NS(=O)(=O)c4ccc(NC[C@H]5CC[C@](C)(O)CC5)c([N+](=O)[O-])c4)c(N4c5cc6cc[nH]c6nc5O[C@H]5COCC[C@@H]54)c3)CC2)C1. The molecule has 18 heteroatoms. The topological polar surface area (TPSA) is 216 Å². The Kier molecular flexibility index (Phi) is 13.2. The maximum atomic E-state index is 14.7. The molecule has 3 saturated heterocycles. The lowest BCUT2D eigenvalue weighted by Gasteiger charge is -2.58. The number of nitro benzene ring substituents is 1. The number of anilines is 4. The molecule has 5 fully saturated rings. The number of aliphatic hydroxyl groups is 2. The van der Waals surface area contributed by atoms with Gasteiger partial charge in [0.2, 0.25) is 5.88 Å². The zero-order valence-electron chi connectivity index (χ0n) is 42.9. The number of ether oxygens (including phenoxy) is 2. The summed E-state index contributed by atoms with van der Waals surface area (Å²) in [5.74, 6) is 0.0492. The van der Waals surface area contributed by atoms with E-state index in [-0.39, 0.29) is 34.7 Å². The minimum absolute atomic E-state index is 0.105. The van der Waals surface area contributed by atoms with Gasteiger partial charge in [0.05, 0.1) is 44.9 Å². The lowest BCUT2D eigenvalue weighted by Crippen LogP contribution is -2.58. The highest BCUT2D eigenvalue weighted by molar-refractivity contribution is 7.90. The second-order valence-corrected chi connectivity index (χ2v) is 24.8. The quantitative estimate of drug-likeness (QED) is 0.0582. The third-order valence-corrected chi connectivity index (χ3v) is 18.8. The van der Waals surface area contributed by atoms with Gasteiger partial charge in [-0.15, -0.1) is 0 Å². The maximum absolute atomic E-state index is 14.7. The predicted octanol–water partition coefficient (Wildman–Crippen LogP) is 9.09. The Bertz CT molecular complexity index is 3040. The van der Waals surface area contributed by atoms with Crippen LogP contribution in [0.15, 0.2) is 83.9 Å². The fourth-order valence-electron chi connectivity index (χ4n) is 13.1. The number of H-pyrrole nitrogens is 1. The predicted molar refractivity (Wildman–Crippen MR) is 284 cm³/mol. The summed E-state index contributed by atoms with van der Waals surface area (Å²) in [6.45, 7) is 11.9. The molecule has 3 aromatic carbocycles. The summed E-state index contributed by atoms with van der Waals surface area (Å²) in [6.07, 6.45) is 10.4. The highest BCUT2D eigenvalue weighted by atomic mass is 32.2. The molecule has 2 aliphatic carbocycles. The van der Waals surface area contributed by atoms with Gasteiger partial charge < -0.3 is 39.8 Å². The van der Waals surface area contributed by atoms with Crippen molar-refractivity contribution in [1.29, 1.82) is 0 Å². The third kappa shape index (κ3) is 9.83. The van der Waals surface area contributed by atoms with Crippen LogP contribution in [0.1, 0.15) is 132 Å². The molecule has 0 radical (unpaired) electrons. The van der Waals surface area contributed by atoms with Crippen LogP contribution in [-0.2, 0) is 14.8 Å². The number of piperidine rings is 2. The van der Waals surface area contributed by atoms with Crippen LogP contribution in [-0.4, -0.2) is 113 Å². The first-order valence-electron chi connectivity index (χ1n) is 26.6. The van der Waals surface area contributed by atoms with Crippen molar-refractivity contribution in [3.8, 4) is 5.88 Å². The molecule has 4 atom stereocenters. The number of carbonyl (C=O) groups is 1. The first-order valence-corrected chi connectivity index (χ1v) is 28.1. The smallest absolute Gasteiger partial charge is 0.293 e. The number of amides is 1. The Balaban J connectivity index is 0.865. The van der Waals surface area contributed by atoms with E-state index in [9.17, 15) is 33.5 Å². The van der Waals surface area contributed by atoms with Crippen LogP contribution in [0.3, 0.4) is 0 Å². The Morgan fingerprint density at radius 1 is 0.919 bits per heavy atom. The van der Waals surface area contributed by atoms with Crippen molar-refractivity contribution < 1.29 is 37.8 Å². The minimum Gasteiger partial charge on any atom is -0.468 e. The minimum atomic E-state index is -4.63. The molecular weight excluding hydrogens is 961 g/mol. The van der Waals surface area contributed by atoms with E-state index in [4.69, 9.17) is 14.5 Å². The van der Waals surface area contributed by atoms with Crippen molar-refractivity contribution in [2.24, 2.45) is 11.3 Å². The summed E-state index contributed by atoms with van der Waals surface area (Å²) >= 11 is 0. The lowest BCUT2D eigenvalue weighted by molar-refractivity contribution is -0.384. The van der Waals surface area contributed by atoms with Gasteiger partial charge in [-0.2, -0.15) is 4.98 Å². The number of aromatic nitrogens is 2. The van der Waals surface area contributed by atoms with Crippen molar-refractivity contribution in [1.82, 2.24) is 19.6 Å². The van der Waals surface area contributed by atoms with Gasteiger partial charge in [0.15, 0.2) is 0 Å². The molecule has 5 aromatic rings. The van der Waals surface area contributed by atoms with Crippen LogP contribution < -0.4 is 24.6 Å². The van der Waals surface area contributed by atoms with Crippen molar-refractivity contribution >= 4 is 55.4 Å². The Morgan fingerprint density at radius 3 is 2.45 bits per heavy atom. The number of fused-ring (bicyclic) bond motifs is 3. The maximum Gasteiger partial charge on any atom is 0.293 e. The number of hydrogen-bond donors (Lipinski definition) is 5. The van der Waals surface area contributed by atoms with E-state index in [1.165, 1.54) is 23.3 Å². The van der Waals surface area contributed by atoms with Gasteiger partial charge in [0, 0.05) is 68.2 Å². The molecule has 1 spiro atoms. The fourth-order valence-corrected chi connectivity index (χ4v) is 14.1. The number of nitrogens with zero attached hydrogens (tertiary/aromatic N) is 5. The van der Waals surface area contributed by atoms with Gasteiger partial charge in [-0.25, -0.2) is 13.1 Å². The summed E-state index contributed by atoms with van der Waals surface area (Å²) < 4.78 is 43.1. The van der Waals surface area contributed by atoms with E-state index >= 15 is 0 Å². The van der Waals surface area contributed by atoms with Crippen molar-refractivity contribution in [2.75, 3.05) is 54.5 Å². The number of pyridine rings is 1. The van der Waals surface area contributed by atoms with E-state index in [1.807, 2.05) is 38.1 Å². The highest BCUT2D eigenvalue weighted by Gasteiger charge is 2.51. The van der Waals surface area contributed by atoms with E-state index in [0.29, 0.717) is 80.3 Å². The molecule has 5 N–H and O–H groups in total. The average Bonchev–Trinajstić information content (AvgIpc) is 3.83. The van der Waals surface area contributed by atoms with Gasteiger partial charge in [-0.1, -0.05) is 38.1 Å². The number of benzene rings is 3. The van der Waals surface area contributed by atoms with E-state index in [0.717, 1.165) is 81.7 Å². The molecule has 11 rings (SSSR count). The lowest BCUT2D eigenvalue weighted by atomic mass is 9.59. The first kappa shape index (κ1) is 50.4. The van der Waals surface area contributed by atoms with Crippen LogP contribution >= 0.6 is 0 Å². The number of aromatic amines is 1. The van der Waals surface area contributed by atoms with Crippen LogP contribution in [0.2, 0.25) is 0 Å². The number of hydrogen-bond acceptors (Lipinski definition) is 14. The molecule has 17 nitrogen and oxygen atoms in total. The average molecular weight is 1030 g/mol. The van der Waals surface area contributed by atoms with Crippen LogP contribution in [0.5, 0.6) is 5.88 Å². The monoisotopic (exact) mass is 1030 g/mol. The van der Waals surface area contributed by atoms with E-state index in [1.54, 1.807) is 12.3 Å². The molecule has 0 unspecified atom stereocenters. The van der Waals surface area contributed by atoms with Crippen molar-refractivity contribution in [2.45, 2.75) is 145 Å². The second-order valence-electron chi connectivity index (χ2n) is 23.1. The van der Waals surface area contributed by atoms with Gasteiger partial charge in [0.1, 0.15) is 23.1 Å². The molecule has 74 heavy (non-hydrogen) atoms. The van der Waals surface area contributed by atoms with Gasteiger partial charge >= 0.3 is 0 Å². The van der Waals surface area contributed by atoms with E-state index in [2.05, 4.69) is 67.8 Å². The van der Waals surface area contributed by atoms with Gasteiger partial charge in [0.25, 0.3) is 21.6 Å². The standard InChI is InChI=1S/C56H70N8O9S/c1-35(2)41-7-5-6-8-42(41)49-32-55(4,67)19-25-62(49)39-30-56(31-39)20-23-61(24-21-56)38-9-11-43(46(28-38)63-45-16-26-72-34-50(45)73-53-48(63)27-37-15-22-57-51(37)59-53)52(65)60-74(70,71)40-10-12-44(47(29-40)64(68)69)58-33-36-13-17-54(3,66)18-14-36/h5-12,15,22,27-29,35-36,39,45,49-50,58,66-67H,13-14,16-21,23-26,30-34H2,1-4H3,(H,57,59)(H,60,65)/t36-,45-,49-,50-,54-,55-/m0/s1. The summed E-state index contributed by atoms with van der Waals surface area (Å²) in [5.41, 5.74) is 3.97. The fraction of sp³-hybridized carbons (Fsp3) is 0.536. The zero-order valence-corrected chi connectivity index (χ0v) is 43.7. The summed E-state index contributed by atoms with van der Waals surface area (Å²) in [4.78, 5) is 41.2. The first-order chi connectivity index (χ1) is 35.3. The molecule has 0 bridgehead atoms. The molecule has 2 saturated carbocycles. The molecule has 394 valence electrons. The molecule has 2 aromatic heterocycles. The molecule has 1 amide bonds. The number of nitro groups is 1. The third-order valence-electron chi connectivity index (χ3n) is 17.5. The summed E-state index contributed by atoms with van der Waals surface area (Å²) in [6, 6.07) is 22.1. The molecule has 6 aliphatic rings.